The Kier molecular flexibility index (Phi) is 4.42. The lowest BCUT2D eigenvalue weighted by Crippen LogP contribution is -2.51. The van der Waals surface area contributed by atoms with Gasteiger partial charge in [0.15, 0.2) is 0 Å². The molecule has 3 saturated carbocycles. The number of fused-ring (bicyclic) bond motifs is 5. The van der Waals surface area contributed by atoms with Crippen LogP contribution < -0.4 is 5.32 Å². The molecule has 0 radical (unpaired) electrons. The highest BCUT2D eigenvalue weighted by Crippen LogP contribution is 2.57. The second kappa shape index (κ2) is 6.54. The molecule has 3 aliphatic carbocycles. The van der Waals surface area contributed by atoms with Crippen LogP contribution in [-0.2, 0) is 4.74 Å². The lowest BCUT2D eigenvalue weighted by atomic mass is 9.62. The third kappa shape index (κ3) is 2.69. The quantitative estimate of drug-likeness (QED) is 0.714. The van der Waals surface area contributed by atoms with Gasteiger partial charge < -0.3 is 10.1 Å². The van der Waals surface area contributed by atoms with Gasteiger partial charge in [-0.1, -0.05) is 39.2 Å². The minimum absolute atomic E-state index is 0.187. The molecule has 26 heavy (non-hydrogen) atoms. The Morgan fingerprint density at radius 1 is 1.12 bits per heavy atom. The number of ether oxygens (including phenoxy) is 1. The van der Waals surface area contributed by atoms with Crippen molar-refractivity contribution in [2.45, 2.75) is 96.3 Å². The number of hydrogen-bond donors (Lipinski definition) is 1. The van der Waals surface area contributed by atoms with E-state index in [9.17, 15) is 0 Å². The van der Waals surface area contributed by atoms with Gasteiger partial charge in [-0.05, 0) is 87.2 Å². The summed E-state index contributed by atoms with van der Waals surface area (Å²) in [7, 11) is 0. The van der Waals surface area contributed by atoms with Gasteiger partial charge in [0.25, 0.3) is 0 Å². The van der Waals surface area contributed by atoms with E-state index in [0.717, 1.165) is 41.4 Å². The lowest BCUT2D eigenvalue weighted by Gasteiger charge is -2.45. The van der Waals surface area contributed by atoms with Crippen LogP contribution in [0.1, 0.15) is 78.6 Å². The minimum Gasteiger partial charge on any atom is -0.388 e. The molecule has 2 aliphatic heterocycles. The van der Waals surface area contributed by atoms with E-state index in [0.29, 0.717) is 12.1 Å². The maximum absolute atomic E-state index is 6.97. The molecule has 2 heteroatoms. The average molecular weight is 358 g/mol. The fourth-order valence-corrected chi connectivity index (χ4v) is 7.92. The number of allylic oxidation sites excluding steroid dienone is 1. The Labute approximate surface area is 160 Å². The van der Waals surface area contributed by atoms with Crippen LogP contribution in [0.5, 0.6) is 0 Å². The molecule has 5 rings (SSSR count). The Bertz CT molecular complexity index is 558. The zero-order valence-corrected chi connectivity index (χ0v) is 17.1. The van der Waals surface area contributed by atoms with Crippen LogP contribution in [0.4, 0.5) is 0 Å². The Morgan fingerprint density at radius 2 is 2.00 bits per heavy atom. The Hall–Kier alpha value is -0.500. The summed E-state index contributed by atoms with van der Waals surface area (Å²) in [6, 6.07) is 0.645. The maximum atomic E-state index is 6.97. The predicted octanol–water partition coefficient (Wildman–Crippen LogP) is 5.53. The normalized spacial score (nSPS) is 54.8. The second-order valence-corrected chi connectivity index (χ2v) is 10.5. The van der Waals surface area contributed by atoms with E-state index in [4.69, 9.17) is 4.74 Å². The zero-order chi connectivity index (χ0) is 17.9. The third-order valence-corrected chi connectivity index (χ3v) is 9.43. The smallest absolute Gasteiger partial charge is 0.0690 e. The molecule has 146 valence electrons. The number of rotatable bonds is 4. The molecule has 4 fully saturated rings. The summed E-state index contributed by atoms with van der Waals surface area (Å²) in [6.07, 6.45) is 17.7. The van der Waals surface area contributed by atoms with E-state index in [-0.39, 0.29) is 5.60 Å². The largest absolute Gasteiger partial charge is 0.388 e. The SMILES string of the molecule is CCC1C(C)C1CCC1NC=CC2CCC3C(OC4(C)CCCCC34)[C@H]21. The third-order valence-electron chi connectivity index (χ3n) is 9.43. The van der Waals surface area contributed by atoms with Gasteiger partial charge in [-0.2, -0.15) is 0 Å². The Morgan fingerprint density at radius 3 is 2.81 bits per heavy atom. The van der Waals surface area contributed by atoms with Crippen LogP contribution in [-0.4, -0.2) is 17.7 Å². The average Bonchev–Trinajstić information content (AvgIpc) is 3.16. The molecular formula is C24H39NO. The van der Waals surface area contributed by atoms with Gasteiger partial charge in [-0.3, -0.25) is 0 Å². The van der Waals surface area contributed by atoms with E-state index < -0.39 is 0 Å². The summed E-state index contributed by atoms with van der Waals surface area (Å²) >= 11 is 0. The first-order valence-corrected chi connectivity index (χ1v) is 11.7. The monoisotopic (exact) mass is 357 g/mol. The first kappa shape index (κ1) is 17.6. The summed E-state index contributed by atoms with van der Waals surface area (Å²) in [4.78, 5) is 0. The molecule has 0 aromatic rings. The standard InChI is InChI=1S/C24H39NO/c1-4-17-15(2)18(17)10-11-21-22-16(12-14-25-21)8-9-19-20-7-5-6-13-24(20,3)26-23(19)22/h12,14-23,25H,4-11,13H2,1-3H3/t15?,16?,17?,18?,19?,20?,21?,22-,23?,24?/m1/s1. The van der Waals surface area contributed by atoms with Crippen molar-refractivity contribution in [3.63, 3.8) is 0 Å². The van der Waals surface area contributed by atoms with Crippen molar-refractivity contribution in [1.29, 1.82) is 0 Å². The lowest BCUT2D eigenvalue weighted by molar-refractivity contribution is -0.0988. The van der Waals surface area contributed by atoms with Gasteiger partial charge in [-0.25, -0.2) is 0 Å². The highest BCUT2D eigenvalue weighted by Gasteiger charge is 2.58. The van der Waals surface area contributed by atoms with Crippen molar-refractivity contribution < 1.29 is 4.74 Å². The summed E-state index contributed by atoms with van der Waals surface area (Å²) in [6.45, 7) is 7.29. The van der Waals surface area contributed by atoms with E-state index in [2.05, 4.69) is 38.4 Å². The molecule has 1 saturated heterocycles. The highest BCUT2D eigenvalue weighted by atomic mass is 16.5. The minimum atomic E-state index is 0.187. The van der Waals surface area contributed by atoms with Crippen LogP contribution in [0.3, 0.4) is 0 Å². The van der Waals surface area contributed by atoms with Crippen molar-refractivity contribution in [2.24, 2.45) is 41.4 Å². The molecule has 0 amide bonds. The van der Waals surface area contributed by atoms with Gasteiger partial charge in [0.2, 0.25) is 0 Å². The molecule has 0 spiro atoms. The van der Waals surface area contributed by atoms with Crippen molar-refractivity contribution >= 4 is 0 Å². The molecule has 2 nitrogen and oxygen atoms in total. The first-order chi connectivity index (χ1) is 12.6. The van der Waals surface area contributed by atoms with Gasteiger partial charge in [0.1, 0.15) is 0 Å². The molecule has 5 aliphatic rings. The van der Waals surface area contributed by atoms with Crippen molar-refractivity contribution in [2.75, 3.05) is 0 Å². The second-order valence-electron chi connectivity index (χ2n) is 10.5. The topological polar surface area (TPSA) is 21.3 Å². The van der Waals surface area contributed by atoms with E-state index in [1.807, 2.05) is 0 Å². The highest BCUT2D eigenvalue weighted by molar-refractivity contribution is 5.13. The fourth-order valence-electron chi connectivity index (χ4n) is 7.92. The van der Waals surface area contributed by atoms with Crippen LogP contribution in [0.25, 0.3) is 0 Å². The first-order valence-electron chi connectivity index (χ1n) is 11.7. The zero-order valence-electron chi connectivity index (χ0n) is 17.1. The summed E-state index contributed by atoms with van der Waals surface area (Å²) in [5, 5.41) is 3.80. The molecule has 1 N–H and O–H groups in total. The molecule has 9 unspecified atom stereocenters. The predicted molar refractivity (Wildman–Crippen MR) is 107 cm³/mol. The van der Waals surface area contributed by atoms with Crippen molar-refractivity contribution in [3.8, 4) is 0 Å². The van der Waals surface area contributed by atoms with Crippen LogP contribution in [0.15, 0.2) is 12.3 Å². The van der Waals surface area contributed by atoms with E-state index in [1.54, 1.807) is 0 Å². The molecule has 10 atom stereocenters. The van der Waals surface area contributed by atoms with Gasteiger partial charge in [0, 0.05) is 12.0 Å². The van der Waals surface area contributed by atoms with Crippen LogP contribution in [0, 0.1) is 41.4 Å². The van der Waals surface area contributed by atoms with Crippen molar-refractivity contribution in [1.82, 2.24) is 5.32 Å². The molecule has 0 bridgehead atoms. The molecule has 0 aromatic heterocycles. The van der Waals surface area contributed by atoms with Gasteiger partial charge >= 0.3 is 0 Å². The molecular weight excluding hydrogens is 318 g/mol. The van der Waals surface area contributed by atoms with Crippen LogP contribution >= 0.6 is 0 Å². The number of hydrogen-bond acceptors (Lipinski definition) is 2. The summed E-state index contributed by atoms with van der Waals surface area (Å²) in [5.41, 5.74) is 0.187. The van der Waals surface area contributed by atoms with E-state index >= 15 is 0 Å². The van der Waals surface area contributed by atoms with Gasteiger partial charge in [-0.15, -0.1) is 0 Å². The number of nitrogens with one attached hydrogen (secondary N) is 1. The van der Waals surface area contributed by atoms with E-state index in [1.165, 1.54) is 57.8 Å². The van der Waals surface area contributed by atoms with Crippen LogP contribution in [0.2, 0.25) is 0 Å². The van der Waals surface area contributed by atoms with Crippen molar-refractivity contribution in [3.05, 3.63) is 12.3 Å². The summed E-state index contributed by atoms with van der Waals surface area (Å²) < 4.78 is 6.97. The van der Waals surface area contributed by atoms with Gasteiger partial charge in [0.05, 0.1) is 11.7 Å². The Balaban J connectivity index is 1.32. The summed E-state index contributed by atoms with van der Waals surface area (Å²) in [5.74, 6) is 6.12. The molecule has 0 aromatic carbocycles. The fraction of sp³-hybridized carbons (Fsp3) is 0.917. The molecule has 2 heterocycles. The maximum Gasteiger partial charge on any atom is 0.0690 e.